The average Bonchev–Trinajstić information content (AvgIpc) is 2.37. The van der Waals surface area contributed by atoms with Gasteiger partial charge in [0, 0.05) is 11.8 Å². The lowest BCUT2D eigenvalue weighted by Gasteiger charge is -2.18. The van der Waals surface area contributed by atoms with Crippen LogP contribution in [-0.4, -0.2) is 16.2 Å². The number of H-pyrrole nitrogens is 1. The molecule has 0 atom stereocenters. The van der Waals surface area contributed by atoms with E-state index >= 15 is 0 Å². The van der Waals surface area contributed by atoms with Gasteiger partial charge in [0.25, 0.3) is 5.56 Å². The second kappa shape index (κ2) is 5.91. The van der Waals surface area contributed by atoms with E-state index in [2.05, 4.69) is 53.4 Å². The van der Waals surface area contributed by atoms with Gasteiger partial charge in [-0.2, -0.15) is 5.10 Å². The highest BCUT2D eigenvalue weighted by molar-refractivity contribution is 5.80. The molecule has 0 aliphatic carbocycles. The molecule has 1 aromatic heterocycles. The van der Waals surface area contributed by atoms with Gasteiger partial charge < -0.3 is 0 Å². The topological polar surface area (TPSA) is 70.1 Å². The fourth-order valence-corrected chi connectivity index (χ4v) is 1.87. The summed E-state index contributed by atoms with van der Waals surface area (Å²) in [4.78, 5) is 18.0. The zero-order valence-corrected chi connectivity index (χ0v) is 12.8. The molecule has 1 aromatic carbocycles. The Morgan fingerprint density at radius 2 is 1.90 bits per heavy atom. The summed E-state index contributed by atoms with van der Waals surface area (Å²) in [7, 11) is 0. The van der Waals surface area contributed by atoms with Crippen LogP contribution in [0, 0.1) is 6.92 Å². The van der Waals surface area contributed by atoms with Crippen molar-refractivity contribution in [1.29, 1.82) is 0 Å². The predicted octanol–water partition coefficient (Wildman–Crippen LogP) is 2.82. The third-order valence-corrected chi connectivity index (χ3v) is 3.03. The van der Waals surface area contributed by atoms with E-state index in [9.17, 15) is 4.79 Å². The van der Waals surface area contributed by atoms with E-state index in [1.807, 2.05) is 12.1 Å². The average molecular weight is 284 g/mol. The molecular weight excluding hydrogens is 264 g/mol. The number of aryl methyl sites for hydroxylation is 1. The van der Waals surface area contributed by atoms with Gasteiger partial charge in [-0.05, 0) is 23.5 Å². The molecule has 21 heavy (non-hydrogen) atoms. The van der Waals surface area contributed by atoms with E-state index in [4.69, 9.17) is 0 Å². The van der Waals surface area contributed by atoms with Crippen LogP contribution in [0.1, 0.15) is 37.6 Å². The van der Waals surface area contributed by atoms with E-state index in [1.54, 1.807) is 13.1 Å². The summed E-state index contributed by atoms with van der Waals surface area (Å²) >= 11 is 0. The maximum Gasteiger partial charge on any atom is 0.252 e. The quantitative estimate of drug-likeness (QED) is 0.672. The number of hydrogen-bond donors (Lipinski definition) is 2. The van der Waals surface area contributed by atoms with Crippen LogP contribution in [0.3, 0.4) is 0 Å². The zero-order chi connectivity index (χ0) is 15.5. The Morgan fingerprint density at radius 3 is 2.48 bits per heavy atom. The first-order valence-electron chi connectivity index (χ1n) is 6.82. The zero-order valence-electron chi connectivity index (χ0n) is 12.8. The number of benzene rings is 1. The van der Waals surface area contributed by atoms with Gasteiger partial charge in [0.05, 0.1) is 6.21 Å². The van der Waals surface area contributed by atoms with Crippen LogP contribution in [0.25, 0.3) is 0 Å². The minimum Gasteiger partial charge on any atom is -0.291 e. The second-order valence-corrected chi connectivity index (χ2v) is 5.98. The van der Waals surface area contributed by atoms with Crippen LogP contribution >= 0.6 is 0 Å². The lowest BCUT2D eigenvalue weighted by atomic mass is 9.87. The van der Waals surface area contributed by atoms with Crippen LogP contribution in [0.2, 0.25) is 0 Å². The summed E-state index contributed by atoms with van der Waals surface area (Å²) in [6.07, 6.45) is 1.69. The van der Waals surface area contributed by atoms with E-state index in [-0.39, 0.29) is 11.0 Å². The summed E-state index contributed by atoms with van der Waals surface area (Å²) in [6, 6.07) is 9.64. The van der Waals surface area contributed by atoms with Gasteiger partial charge in [0.1, 0.15) is 0 Å². The molecule has 0 aliphatic rings. The van der Waals surface area contributed by atoms with Crippen molar-refractivity contribution in [2.24, 2.45) is 5.10 Å². The van der Waals surface area contributed by atoms with Crippen LogP contribution in [0.15, 0.2) is 40.2 Å². The van der Waals surface area contributed by atoms with Gasteiger partial charge in [0.15, 0.2) is 0 Å². The minimum absolute atomic E-state index is 0.138. The van der Waals surface area contributed by atoms with Crippen molar-refractivity contribution >= 4 is 12.2 Å². The summed E-state index contributed by atoms with van der Waals surface area (Å²) in [5.74, 6) is 0.336. The Morgan fingerprint density at radius 1 is 1.24 bits per heavy atom. The number of aromatic nitrogens is 2. The molecule has 110 valence electrons. The number of nitrogens with one attached hydrogen (secondary N) is 2. The number of nitrogens with zero attached hydrogens (tertiary/aromatic N) is 2. The van der Waals surface area contributed by atoms with Crippen molar-refractivity contribution in [3.05, 3.63) is 57.5 Å². The van der Waals surface area contributed by atoms with Crippen molar-refractivity contribution in [2.75, 3.05) is 5.43 Å². The lowest BCUT2D eigenvalue weighted by molar-refractivity contribution is 0.590. The Kier molecular flexibility index (Phi) is 4.21. The molecule has 5 heteroatoms. The molecule has 2 aromatic rings. The Bertz CT molecular complexity index is 693. The molecule has 0 amide bonds. The van der Waals surface area contributed by atoms with Crippen molar-refractivity contribution in [2.45, 2.75) is 33.1 Å². The Balaban J connectivity index is 2.06. The highest BCUT2D eigenvalue weighted by Gasteiger charge is 2.12. The first-order valence-corrected chi connectivity index (χ1v) is 6.82. The molecule has 2 rings (SSSR count). The fourth-order valence-electron chi connectivity index (χ4n) is 1.87. The summed E-state index contributed by atoms with van der Waals surface area (Å²) in [5.41, 5.74) is 5.56. The number of rotatable bonds is 3. The van der Waals surface area contributed by atoms with Crippen LogP contribution in [0.4, 0.5) is 5.95 Å². The van der Waals surface area contributed by atoms with E-state index in [0.29, 0.717) is 11.6 Å². The highest BCUT2D eigenvalue weighted by Crippen LogP contribution is 2.21. The molecule has 0 unspecified atom stereocenters. The number of hydrogen-bond acceptors (Lipinski definition) is 4. The first kappa shape index (κ1) is 15.0. The standard InChI is InChI=1S/C16H20N4O/c1-11-9-14(21)19-15(18-11)20-17-10-12-5-7-13(8-6-12)16(2,3)4/h5-10H,1-4H3,(H2,18,19,20,21)/b17-10+. The van der Waals surface area contributed by atoms with Gasteiger partial charge in [-0.25, -0.2) is 10.4 Å². The molecule has 0 saturated carbocycles. The molecule has 0 aliphatic heterocycles. The van der Waals surface area contributed by atoms with Gasteiger partial charge in [0.2, 0.25) is 5.95 Å². The molecular formula is C16H20N4O. The highest BCUT2D eigenvalue weighted by atomic mass is 16.1. The van der Waals surface area contributed by atoms with Crippen molar-refractivity contribution < 1.29 is 0 Å². The van der Waals surface area contributed by atoms with Crippen LogP contribution < -0.4 is 11.0 Å². The van der Waals surface area contributed by atoms with Crippen molar-refractivity contribution in [3.63, 3.8) is 0 Å². The Hall–Kier alpha value is -2.43. The molecule has 5 nitrogen and oxygen atoms in total. The summed E-state index contributed by atoms with van der Waals surface area (Å²) < 4.78 is 0. The molecule has 0 fully saturated rings. The number of anilines is 1. The summed E-state index contributed by atoms with van der Waals surface area (Å²) in [5, 5.41) is 4.08. The fraction of sp³-hybridized carbons (Fsp3) is 0.312. The predicted molar refractivity (Wildman–Crippen MR) is 86.0 cm³/mol. The van der Waals surface area contributed by atoms with E-state index in [0.717, 1.165) is 5.56 Å². The smallest absolute Gasteiger partial charge is 0.252 e. The third kappa shape index (κ3) is 4.27. The monoisotopic (exact) mass is 284 g/mol. The molecule has 0 spiro atoms. The van der Waals surface area contributed by atoms with Gasteiger partial charge in [-0.15, -0.1) is 0 Å². The van der Waals surface area contributed by atoms with E-state index < -0.39 is 0 Å². The largest absolute Gasteiger partial charge is 0.291 e. The maximum atomic E-state index is 11.3. The van der Waals surface area contributed by atoms with Gasteiger partial charge in [-0.1, -0.05) is 45.0 Å². The van der Waals surface area contributed by atoms with Crippen molar-refractivity contribution in [3.8, 4) is 0 Å². The molecule has 2 N–H and O–H groups in total. The van der Waals surface area contributed by atoms with Crippen molar-refractivity contribution in [1.82, 2.24) is 9.97 Å². The van der Waals surface area contributed by atoms with Gasteiger partial charge >= 0.3 is 0 Å². The number of hydrazone groups is 1. The minimum atomic E-state index is -0.199. The molecule has 0 saturated heterocycles. The maximum absolute atomic E-state index is 11.3. The normalized spacial score (nSPS) is 11.8. The molecule has 0 radical (unpaired) electrons. The second-order valence-electron chi connectivity index (χ2n) is 5.98. The van der Waals surface area contributed by atoms with Crippen LogP contribution in [0.5, 0.6) is 0 Å². The molecule has 1 heterocycles. The Labute approximate surface area is 124 Å². The summed E-state index contributed by atoms with van der Waals surface area (Å²) in [6.45, 7) is 8.29. The third-order valence-electron chi connectivity index (χ3n) is 3.03. The molecule has 0 bridgehead atoms. The van der Waals surface area contributed by atoms with Gasteiger partial charge in [-0.3, -0.25) is 9.78 Å². The first-order chi connectivity index (χ1) is 9.84. The van der Waals surface area contributed by atoms with Crippen LogP contribution in [-0.2, 0) is 5.41 Å². The lowest BCUT2D eigenvalue weighted by Crippen LogP contribution is -2.11. The SMILES string of the molecule is Cc1cc(=O)[nH]c(N/N=C/c2ccc(C(C)(C)C)cc2)n1. The van der Waals surface area contributed by atoms with E-state index in [1.165, 1.54) is 11.6 Å². The number of aromatic amines is 1.